The van der Waals surface area contributed by atoms with E-state index in [1.54, 1.807) is 0 Å². The van der Waals surface area contributed by atoms with Crippen LogP contribution in [0.1, 0.15) is 28.7 Å². The second-order valence-electron chi connectivity index (χ2n) is 4.44. The molecular formula is C13H8F6N2O3. The van der Waals surface area contributed by atoms with Crippen LogP contribution in [0.2, 0.25) is 0 Å². The molecule has 1 heterocycles. The van der Waals surface area contributed by atoms with Crippen LogP contribution in [0.25, 0.3) is 11.4 Å². The number of halogens is 6. The molecule has 2 aromatic rings. The summed E-state index contributed by atoms with van der Waals surface area (Å²) in [6.07, 6.45) is -10.0. The molecule has 0 aliphatic carbocycles. The first kappa shape index (κ1) is 17.8. The molecule has 24 heavy (non-hydrogen) atoms. The minimum atomic E-state index is -5.01. The molecule has 0 bridgehead atoms. The van der Waals surface area contributed by atoms with Crippen LogP contribution in [0, 0.1) is 0 Å². The molecule has 0 fully saturated rings. The van der Waals surface area contributed by atoms with Gasteiger partial charge in [-0.2, -0.15) is 31.3 Å². The van der Waals surface area contributed by atoms with Crippen LogP contribution in [0.3, 0.4) is 0 Å². The molecule has 0 N–H and O–H groups in total. The van der Waals surface area contributed by atoms with E-state index in [4.69, 9.17) is 0 Å². The Bertz CT molecular complexity index is 719. The normalized spacial score (nSPS) is 12.3. The fourth-order valence-corrected chi connectivity index (χ4v) is 1.70. The molecule has 2 rings (SSSR count). The molecule has 0 saturated carbocycles. The van der Waals surface area contributed by atoms with Gasteiger partial charge in [0.25, 0.3) is 0 Å². The third-order valence-electron chi connectivity index (χ3n) is 2.72. The maximum atomic E-state index is 12.8. The van der Waals surface area contributed by atoms with Crippen LogP contribution in [0.15, 0.2) is 22.7 Å². The zero-order chi connectivity index (χ0) is 18.1. The van der Waals surface area contributed by atoms with Crippen molar-refractivity contribution in [3.05, 3.63) is 35.2 Å². The van der Waals surface area contributed by atoms with Crippen LogP contribution in [0.5, 0.6) is 0 Å². The minimum Gasteiger partial charge on any atom is -0.459 e. The third-order valence-corrected chi connectivity index (χ3v) is 2.72. The Labute approximate surface area is 130 Å². The van der Waals surface area contributed by atoms with Gasteiger partial charge in [0, 0.05) is 5.56 Å². The maximum Gasteiger partial charge on any atom is 0.416 e. The third kappa shape index (κ3) is 3.84. The van der Waals surface area contributed by atoms with E-state index in [-0.39, 0.29) is 12.7 Å². The molecule has 1 aromatic carbocycles. The molecule has 0 spiro atoms. The fourth-order valence-electron chi connectivity index (χ4n) is 1.70. The maximum absolute atomic E-state index is 12.8. The molecule has 0 saturated heterocycles. The number of nitrogens with zero attached hydrogens (tertiary/aromatic N) is 2. The van der Waals surface area contributed by atoms with Crippen molar-refractivity contribution in [3.63, 3.8) is 0 Å². The Morgan fingerprint density at radius 1 is 1.08 bits per heavy atom. The van der Waals surface area contributed by atoms with Crippen LogP contribution in [-0.4, -0.2) is 22.7 Å². The van der Waals surface area contributed by atoms with Gasteiger partial charge in [-0.3, -0.25) is 0 Å². The molecule has 130 valence electrons. The second kappa shape index (κ2) is 6.13. The molecule has 0 atom stereocenters. The average Bonchev–Trinajstić information content (AvgIpc) is 2.95. The molecule has 0 unspecified atom stereocenters. The summed E-state index contributed by atoms with van der Waals surface area (Å²) in [5.41, 5.74) is -3.67. The van der Waals surface area contributed by atoms with Gasteiger partial charge in [0.05, 0.1) is 17.7 Å². The van der Waals surface area contributed by atoms with Crippen molar-refractivity contribution in [2.45, 2.75) is 19.3 Å². The van der Waals surface area contributed by atoms with Crippen molar-refractivity contribution in [2.75, 3.05) is 6.61 Å². The highest BCUT2D eigenvalue weighted by Crippen LogP contribution is 2.38. The summed E-state index contributed by atoms with van der Waals surface area (Å²) in [5, 5.41) is 3.21. The van der Waals surface area contributed by atoms with Gasteiger partial charge in [-0.1, -0.05) is 5.16 Å². The minimum absolute atomic E-state index is 0.0294. The largest absolute Gasteiger partial charge is 0.459 e. The number of carbonyl (C=O) groups excluding carboxylic acids is 1. The number of aromatic nitrogens is 2. The first-order valence-electron chi connectivity index (χ1n) is 6.33. The number of hydrogen-bond donors (Lipinski definition) is 0. The fraction of sp³-hybridized carbons (Fsp3) is 0.308. The Kier molecular flexibility index (Phi) is 4.54. The molecule has 0 radical (unpaired) electrons. The van der Waals surface area contributed by atoms with Gasteiger partial charge in [-0.05, 0) is 25.1 Å². The Morgan fingerprint density at radius 2 is 1.62 bits per heavy atom. The van der Waals surface area contributed by atoms with E-state index in [0.717, 1.165) is 0 Å². The van der Waals surface area contributed by atoms with Crippen molar-refractivity contribution in [2.24, 2.45) is 0 Å². The lowest BCUT2D eigenvalue weighted by Crippen LogP contribution is -2.11. The van der Waals surface area contributed by atoms with E-state index in [9.17, 15) is 31.1 Å². The van der Waals surface area contributed by atoms with E-state index in [1.165, 1.54) is 6.92 Å². The second-order valence-corrected chi connectivity index (χ2v) is 4.44. The van der Waals surface area contributed by atoms with Gasteiger partial charge in [-0.15, -0.1) is 0 Å². The molecule has 0 aliphatic heterocycles. The Hall–Kier alpha value is -2.59. The summed E-state index contributed by atoms with van der Waals surface area (Å²) >= 11 is 0. The summed E-state index contributed by atoms with van der Waals surface area (Å²) in [7, 11) is 0. The van der Waals surface area contributed by atoms with Gasteiger partial charge < -0.3 is 9.26 Å². The topological polar surface area (TPSA) is 65.2 Å². The van der Waals surface area contributed by atoms with E-state index in [1.807, 2.05) is 0 Å². The number of ether oxygens (including phenoxy) is 1. The van der Waals surface area contributed by atoms with Crippen molar-refractivity contribution >= 4 is 5.97 Å². The van der Waals surface area contributed by atoms with Crippen molar-refractivity contribution in [1.29, 1.82) is 0 Å². The van der Waals surface area contributed by atoms with Crippen LogP contribution >= 0.6 is 0 Å². The van der Waals surface area contributed by atoms with E-state index >= 15 is 0 Å². The highest BCUT2D eigenvalue weighted by molar-refractivity contribution is 5.84. The SMILES string of the molecule is CCOC(=O)c1nc(-c2cc(C(F)(F)F)cc(C(F)(F)F)c2)no1. The van der Waals surface area contributed by atoms with Gasteiger partial charge in [-0.25, -0.2) is 4.79 Å². The number of carbonyl (C=O) groups is 1. The quantitative estimate of drug-likeness (QED) is 0.617. The smallest absolute Gasteiger partial charge is 0.416 e. The lowest BCUT2D eigenvalue weighted by Gasteiger charge is -2.12. The molecule has 0 amide bonds. The molecule has 11 heteroatoms. The number of rotatable bonds is 3. The van der Waals surface area contributed by atoms with E-state index in [2.05, 4.69) is 19.4 Å². The first-order chi connectivity index (χ1) is 11.0. The molecule has 5 nitrogen and oxygen atoms in total. The lowest BCUT2D eigenvalue weighted by atomic mass is 10.0. The molecule has 0 aliphatic rings. The predicted octanol–water partition coefficient (Wildman–Crippen LogP) is 3.95. The Balaban J connectivity index is 2.52. The predicted molar refractivity (Wildman–Crippen MR) is 65.7 cm³/mol. The van der Waals surface area contributed by atoms with Gasteiger partial charge >= 0.3 is 24.2 Å². The monoisotopic (exact) mass is 354 g/mol. The zero-order valence-electron chi connectivity index (χ0n) is 11.8. The standard InChI is InChI=1S/C13H8F6N2O3/c1-2-23-11(22)10-20-9(21-24-10)6-3-7(12(14,15)16)5-8(4-6)13(17,18)19/h3-5H,2H2,1H3. The summed E-state index contributed by atoms with van der Waals surface area (Å²) in [6, 6.07) is 0.819. The number of esters is 1. The summed E-state index contributed by atoms with van der Waals surface area (Å²) < 4.78 is 85.7. The van der Waals surface area contributed by atoms with Gasteiger partial charge in [0.2, 0.25) is 5.82 Å². The van der Waals surface area contributed by atoms with E-state index in [0.29, 0.717) is 12.1 Å². The van der Waals surface area contributed by atoms with Gasteiger partial charge in [0.1, 0.15) is 0 Å². The van der Waals surface area contributed by atoms with Crippen molar-refractivity contribution in [3.8, 4) is 11.4 Å². The highest BCUT2D eigenvalue weighted by atomic mass is 19.4. The number of benzene rings is 1. The zero-order valence-corrected chi connectivity index (χ0v) is 11.8. The highest BCUT2D eigenvalue weighted by Gasteiger charge is 2.37. The van der Waals surface area contributed by atoms with Gasteiger partial charge in [0.15, 0.2) is 0 Å². The van der Waals surface area contributed by atoms with Crippen LogP contribution in [0.4, 0.5) is 26.3 Å². The van der Waals surface area contributed by atoms with Crippen molar-refractivity contribution < 1.29 is 40.4 Å². The van der Waals surface area contributed by atoms with E-state index < -0.39 is 46.7 Å². The van der Waals surface area contributed by atoms with Crippen molar-refractivity contribution in [1.82, 2.24) is 10.1 Å². The lowest BCUT2D eigenvalue weighted by molar-refractivity contribution is -0.143. The van der Waals surface area contributed by atoms with Crippen LogP contribution < -0.4 is 0 Å². The average molecular weight is 354 g/mol. The Morgan fingerprint density at radius 3 is 2.08 bits per heavy atom. The summed E-state index contributed by atoms with van der Waals surface area (Å²) in [5.74, 6) is -2.33. The molecular weight excluding hydrogens is 346 g/mol. The number of alkyl halides is 6. The van der Waals surface area contributed by atoms with Crippen LogP contribution in [-0.2, 0) is 17.1 Å². The first-order valence-corrected chi connectivity index (χ1v) is 6.33. The molecule has 1 aromatic heterocycles. The summed E-state index contributed by atoms with van der Waals surface area (Å²) in [4.78, 5) is 14.8. The number of hydrogen-bond acceptors (Lipinski definition) is 5. The summed E-state index contributed by atoms with van der Waals surface area (Å²) in [6.45, 7) is 1.45.